The van der Waals surface area contributed by atoms with E-state index in [9.17, 15) is 5.11 Å². The van der Waals surface area contributed by atoms with E-state index in [0.29, 0.717) is 0 Å². The van der Waals surface area contributed by atoms with Gasteiger partial charge in [0.15, 0.2) is 0 Å². The van der Waals surface area contributed by atoms with Crippen LogP contribution >= 0.6 is 0 Å². The van der Waals surface area contributed by atoms with E-state index in [1.165, 1.54) is 0 Å². The lowest BCUT2D eigenvalue weighted by Crippen LogP contribution is -2.69. The molecule has 0 saturated carbocycles. The minimum Gasteiger partial charge on any atom is -0.390 e. The Morgan fingerprint density at radius 3 is 1.62 bits per heavy atom. The molecule has 2 aromatic rings. The van der Waals surface area contributed by atoms with E-state index in [2.05, 4.69) is 58.9 Å². The van der Waals surface area contributed by atoms with Crippen molar-refractivity contribution in [3.05, 3.63) is 71.8 Å². The molecule has 0 bridgehead atoms. The highest BCUT2D eigenvalue weighted by Crippen LogP contribution is 2.61. The number of rotatable bonds is 3. The number of hydrogen-bond donors (Lipinski definition) is 1. The van der Waals surface area contributed by atoms with Crippen LogP contribution in [0.4, 0.5) is 0 Å². The van der Waals surface area contributed by atoms with Crippen molar-refractivity contribution in [2.24, 2.45) is 10.8 Å². The van der Waals surface area contributed by atoms with Crippen molar-refractivity contribution in [1.82, 2.24) is 0 Å². The van der Waals surface area contributed by atoms with Crippen LogP contribution in [0, 0.1) is 10.8 Å². The summed E-state index contributed by atoms with van der Waals surface area (Å²) in [5, 5.41) is 10.8. The summed E-state index contributed by atoms with van der Waals surface area (Å²) in [5.41, 5.74) is 1.29. The van der Waals surface area contributed by atoms with Crippen LogP contribution in [0.5, 0.6) is 0 Å². The molecule has 128 valence electrons. The lowest BCUT2D eigenvalue weighted by molar-refractivity contribution is -0.330. The van der Waals surface area contributed by atoms with Crippen LogP contribution in [0.15, 0.2) is 60.7 Å². The van der Waals surface area contributed by atoms with Gasteiger partial charge in [-0.3, -0.25) is 0 Å². The molecule has 1 saturated heterocycles. The Morgan fingerprint density at radius 2 is 1.29 bits per heavy atom. The summed E-state index contributed by atoms with van der Waals surface area (Å²) in [7, 11) is 0. The molecule has 1 heterocycles. The van der Waals surface area contributed by atoms with E-state index >= 15 is 0 Å². The van der Waals surface area contributed by atoms with Gasteiger partial charge in [-0.2, -0.15) is 0 Å². The first-order valence-corrected chi connectivity index (χ1v) is 8.68. The Balaban J connectivity index is 2.10. The first-order chi connectivity index (χ1) is 11.2. The number of aliphatic hydroxyl groups excluding tert-OH is 1. The lowest BCUT2D eigenvalue weighted by atomic mass is 9.56. The minimum atomic E-state index is -0.535. The first kappa shape index (κ1) is 17.2. The average Bonchev–Trinajstić information content (AvgIpc) is 2.55. The second-order valence-corrected chi connectivity index (χ2v) is 8.48. The maximum atomic E-state index is 10.8. The van der Waals surface area contributed by atoms with Crippen molar-refractivity contribution >= 4 is 0 Å². The highest BCUT2D eigenvalue weighted by molar-refractivity contribution is 5.43. The second-order valence-electron chi connectivity index (χ2n) is 8.48. The number of aliphatic hydroxyl groups is 1. The molecular formula is C22H28O2. The predicted octanol–water partition coefficient (Wildman–Crippen LogP) is 4.76. The summed E-state index contributed by atoms with van der Waals surface area (Å²) >= 11 is 0. The summed E-state index contributed by atoms with van der Waals surface area (Å²) < 4.78 is 6.55. The fourth-order valence-electron chi connectivity index (χ4n) is 3.94. The third-order valence-corrected chi connectivity index (χ3v) is 5.46. The quantitative estimate of drug-likeness (QED) is 0.882. The van der Waals surface area contributed by atoms with Crippen LogP contribution in [0.3, 0.4) is 0 Å². The molecule has 0 unspecified atom stereocenters. The van der Waals surface area contributed by atoms with Crippen LogP contribution < -0.4 is 0 Å². The van der Waals surface area contributed by atoms with Crippen LogP contribution in [-0.4, -0.2) is 17.3 Å². The zero-order valence-corrected chi connectivity index (χ0v) is 15.3. The lowest BCUT2D eigenvalue weighted by Gasteiger charge is -2.64. The Kier molecular flexibility index (Phi) is 4.09. The molecule has 0 aliphatic carbocycles. The smallest absolute Gasteiger partial charge is 0.126 e. The number of hydrogen-bond acceptors (Lipinski definition) is 2. The third kappa shape index (κ3) is 2.40. The third-order valence-electron chi connectivity index (χ3n) is 5.46. The molecule has 1 aliphatic heterocycles. The van der Waals surface area contributed by atoms with Crippen LogP contribution in [0.1, 0.15) is 45.7 Å². The van der Waals surface area contributed by atoms with Gasteiger partial charge in [0.25, 0.3) is 0 Å². The fraction of sp³-hybridized carbons (Fsp3) is 0.455. The van der Waals surface area contributed by atoms with Crippen molar-refractivity contribution in [3.8, 4) is 0 Å². The maximum absolute atomic E-state index is 10.8. The minimum absolute atomic E-state index is 0.210. The number of ether oxygens (including phenoxy) is 1. The maximum Gasteiger partial charge on any atom is 0.126 e. The van der Waals surface area contributed by atoms with E-state index in [4.69, 9.17) is 4.74 Å². The summed E-state index contributed by atoms with van der Waals surface area (Å²) in [6.07, 6.45) is -0.731. The zero-order valence-electron chi connectivity index (χ0n) is 15.3. The average molecular weight is 324 g/mol. The standard InChI is InChI=1S/C22H28O2/c1-20(2,3)18(23)19-21(4,5)22(24-19,16-12-8-6-9-13-16)17-14-10-7-11-15-17/h6-15,18-19,23H,1-5H3/t18-,19+/m1/s1. The molecule has 1 fully saturated rings. The molecule has 2 atom stereocenters. The largest absolute Gasteiger partial charge is 0.390 e. The molecule has 1 N–H and O–H groups in total. The van der Waals surface area contributed by atoms with Gasteiger partial charge in [0.2, 0.25) is 0 Å². The summed E-state index contributed by atoms with van der Waals surface area (Å²) in [6, 6.07) is 20.7. The first-order valence-electron chi connectivity index (χ1n) is 8.68. The van der Waals surface area contributed by atoms with Gasteiger partial charge in [0, 0.05) is 5.41 Å². The van der Waals surface area contributed by atoms with Crippen LogP contribution in [0.2, 0.25) is 0 Å². The van der Waals surface area contributed by atoms with Crippen molar-refractivity contribution < 1.29 is 9.84 Å². The molecular weight excluding hydrogens is 296 g/mol. The van der Waals surface area contributed by atoms with Gasteiger partial charge < -0.3 is 9.84 Å². The highest BCUT2D eigenvalue weighted by Gasteiger charge is 2.66. The second kappa shape index (κ2) is 5.72. The van der Waals surface area contributed by atoms with E-state index in [-0.39, 0.29) is 16.9 Å². The SMILES string of the molecule is CC(C)(C)[C@H](O)[C@@H]1OC(c2ccccc2)(c2ccccc2)C1(C)C. The van der Waals surface area contributed by atoms with Gasteiger partial charge in [-0.25, -0.2) is 0 Å². The molecule has 24 heavy (non-hydrogen) atoms. The molecule has 0 spiro atoms. The van der Waals surface area contributed by atoms with Crippen LogP contribution in [-0.2, 0) is 10.3 Å². The summed E-state index contributed by atoms with van der Waals surface area (Å²) in [5.74, 6) is 0. The molecule has 1 aliphatic rings. The topological polar surface area (TPSA) is 29.5 Å². The van der Waals surface area contributed by atoms with Gasteiger partial charge >= 0.3 is 0 Å². The van der Waals surface area contributed by atoms with Gasteiger partial charge in [-0.05, 0) is 16.5 Å². The van der Waals surface area contributed by atoms with Gasteiger partial charge in [-0.1, -0.05) is 95.3 Å². The molecule has 0 radical (unpaired) electrons. The molecule has 0 aromatic heterocycles. The van der Waals surface area contributed by atoms with Crippen LogP contribution in [0.25, 0.3) is 0 Å². The van der Waals surface area contributed by atoms with Gasteiger partial charge in [0.1, 0.15) is 5.60 Å². The monoisotopic (exact) mass is 324 g/mol. The van der Waals surface area contributed by atoms with E-state index in [1.807, 2.05) is 36.4 Å². The predicted molar refractivity (Wildman–Crippen MR) is 97.8 cm³/mol. The van der Waals surface area contributed by atoms with Gasteiger partial charge in [0.05, 0.1) is 12.2 Å². The van der Waals surface area contributed by atoms with Crippen molar-refractivity contribution in [3.63, 3.8) is 0 Å². The molecule has 0 amide bonds. The van der Waals surface area contributed by atoms with Crippen molar-refractivity contribution in [2.45, 2.75) is 52.4 Å². The highest BCUT2D eigenvalue weighted by atomic mass is 16.6. The Bertz CT molecular complexity index is 643. The normalized spacial score (nSPS) is 23.3. The van der Waals surface area contributed by atoms with Gasteiger partial charge in [-0.15, -0.1) is 0 Å². The van der Waals surface area contributed by atoms with E-state index in [0.717, 1.165) is 11.1 Å². The summed E-state index contributed by atoms with van der Waals surface area (Å²) in [6.45, 7) is 10.6. The molecule has 2 heteroatoms. The Labute approximate surface area is 145 Å². The van der Waals surface area contributed by atoms with Crippen molar-refractivity contribution in [2.75, 3.05) is 0 Å². The molecule has 2 nitrogen and oxygen atoms in total. The van der Waals surface area contributed by atoms with E-state index < -0.39 is 11.7 Å². The zero-order chi connectivity index (χ0) is 17.6. The van der Waals surface area contributed by atoms with Crippen molar-refractivity contribution in [1.29, 1.82) is 0 Å². The molecule has 3 rings (SSSR count). The fourth-order valence-corrected chi connectivity index (χ4v) is 3.94. The number of benzene rings is 2. The molecule has 2 aromatic carbocycles. The Hall–Kier alpha value is -1.64. The summed E-state index contributed by atoms with van der Waals surface area (Å²) in [4.78, 5) is 0. The Morgan fingerprint density at radius 1 is 0.875 bits per heavy atom. The van der Waals surface area contributed by atoms with E-state index in [1.54, 1.807) is 0 Å².